The van der Waals surface area contributed by atoms with Gasteiger partial charge in [0.05, 0.1) is 24.8 Å². The van der Waals surface area contributed by atoms with Crippen LogP contribution in [-0.2, 0) is 16.6 Å². The van der Waals surface area contributed by atoms with E-state index >= 15 is 0 Å². The van der Waals surface area contributed by atoms with Crippen molar-refractivity contribution < 1.29 is 14.3 Å². The Morgan fingerprint density at radius 3 is 2.77 bits per heavy atom. The molecule has 1 aromatic carbocycles. The van der Waals surface area contributed by atoms with E-state index in [0.29, 0.717) is 5.76 Å². The Bertz CT molecular complexity index is 792. The molecule has 1 amide bonds. The molecule has 2 atom stereocenters. The Kier molecular flexibility index (Phi) is 4.37. The van der Waals surface area contributed by atoms with E-state index in [1.807, 2.05) is 12.1 Å². The first kappa shape index (κ1) is 17.3. The number of fused-ring (bicyclic) bond motifs is 1. The minimum absolute atomic E-state index is 0.00410. The summed E-state index contributed by atoms with van der Waals surface area (Å²) in [5.41, 5.74) is 2.79. The van der Waals surface area contributed by atoms with Crippen molar-refractivity contribution in [3.8, 4) is 0 Å². The van der Waals surface area contributed by atoms with Gasteiger partial charge in [-0.15, -0.1) is 0 Å². The van der Waals surface area contributed by atoms with Crippen LogP contribution in [0.3, 0.4) is 0 Å². The normalized spacial score (nSPS) is 24.6. The fourth-order valence-corrected chi connectivity index (χ4v) is 4.39. The Balaban J connectivity index is 1.59. The summed E-state index contributed by atoms with van der Waals surface area (Å²) in [5, 5.41) is 14.0. The van der Waals surface area contributed by atoms with E-state index in [0.717, 1.165) is 24.3 Å². The average molecular weight is 354 g/mol. The molecule has 2 aliphatic rings. The maximum atomic E-state index is 12.3. The molecule has 2 heterocycles. The number of anilines is 1. The summed E-state index contributed by atoms with van der Waals surface area (Å²) >= 11 is 0. The zero-order chi connectivity index (χ0) is 18.3. The molecule has 1 aromatic heterocycles. The molecule has 1 aliphatic carbocycles. The van der Waals surface area contributed by atoms with Gasteiger partial charge >= 0.3 is 0 Å². The zero-order valence-corrected chi connectivity index (χ0v) is 15.4. The van der Waals surface area contributed by atoms with Crippen LogP contribution < -0.4 is 5.32 Å². The Morgan fingerprint density at radius 1 is 1.31 bits per heavy atom. The van der Waals surface area contributed by atoms with Crippen LogP contribution in [0.15, 0.2) is 41.0 Å². The Hall–Kier alpha value is -2.11. The predicted octanol–water partition coefficient (Wildman–Crippen LogP) is 3.25. The SMILES string of the molecule is CC1(C)c2ccc(NC(=O)Cc3ccco3)cc2C(N2CCCC2)C1O. The number of furan rings is 1. The molecule has 5 heteroatoms. The summed E-state index contributed by atoms with van der Waals surface area (Å²) < 4.78 is 5.24. The molecule has 4 rings (SSSR count). The molecule has 5 nitrogen and oxygen atoms in total. The highest BCUT2D eigenvalue weighted by atomic mass is 16.3. The summed E-state index contributed by atoms with van der Waals surface area (Å²) in [4.78, 5) is 14.7. The van der Waals surface area contributed by atoms with E-state index in [4.69, 9.17) is 4.42 Å². The summed E-state index contributed by atoms with van der Waals surface area (Å²) in [7, 11) is 0. The second-order valence-electron chi connectivity index (χ2n) is 7.96. The fourth-order valence-electron chi connectivity index (χ4n) is 4.39. The number of hydrogen-bond donors (Lipinski definition) is 2. The van der Waals surface area contributed by atoms with Crippen molar-refractivity contribution >= 4 is 11.6 Å². The first-order valence-electron chi connectivity index (χ1n) is 9.35. The molecule has 0 spiro atoms. The maximum absolute atomic E-state index is 12.3. The molecule has 26 heavy (non-hydrogen) atoms. The number of rotatable bonds is 4. The third-order valence-electron chi connectivity index (χ3n) is 5.84. The first-order valence-corrected chi connectivity index (χ1v) is 9.35. The quantitative estimate of drug-likeness (QED) is 0.885. The number of nitrogens with zero attached hydrogens (tertiary/aromatic N) is 1. The van der Waals surface area contributed by atoms with Crippen molar-refractivity contribution in [3.05, 3.63) is 53.5 Å². The van der Waals surface area contributed by atoms with Crippen molar-refractivity contribution in [1.29, 1.82) is 0 Å². The molecule has 2 N–H and O–H groups in total. The topological polar surface area (TPSA) is 65.7 Å². The second-order valence-corrected chi connectivity index (χ2v) is 7.96. The standard InChI is InChI=1S/C21H26N2O3/c1-21(2)17-8-7-14(22-18(24)13-15-6-5-11-26-15)12-16(17)19(20(21)25)23-9-3-4-10-23/h5-8,11-12,19-20,25H,3-4,9-10,13H2,1-2H3,(H,22,24). The number of nitrogens with one attached hydrogen (secondary N) is 1. The van der Waals surface area contributed by atoms with Crippen LogP contribution in [0.2, 0.25) is 0 Å². The van der Waals surface area contributed by atoms with Gasteiger partial charge in [-0.25, -0.2) is 0 Å². The summed E-state index contributed by atoms with van der Waals surface area (Å²) in [6.07, 6.45) is 3.71. The monoisotopic (exact) mass is 354 g/mol. The molecule has 138 valence electrons. The number of hydrogen-bond acceptors (Lipinski definition) is 4. The largest absolute Gasteiger partial charge is 0.469 e. The van der Waals surface area contributed by atoms with E-state index in [2.05, 4.69) is 30.1 Å². The third kappa shape index (κ3) is 2.95. The van der Waals surface area contributed by atoms with E-state index in [1.54, 1.807) is 18.4 Å². The fraction of sp³-hybridized carbons (Fsp3) is 0.476. The molecule has 0 bridgehead atoms. The molecular formula is C21H26N2O3. The number of carbonyl (C=O) groups excluding carboxylic acids is 1. The van der Waals surface area contributed by atoms with Crippen molar-refractivity contribution in [3.63, 3.8) is 0 Å². The summed E-state index contributed by atoms with van der Waals surface area (Å²) in [6, 6.07) is 9.60. The molecular weight excluding hydrogens is 328 g/mol. The highest BCUT2D eigenvalue weighted by Crippen LogP contribution is 2.48. The van der Waals surface area contributed by atoms with Crippen molar-refractivity contribution in [2.24, 2.45) is 0 Å². The van der Waals surface area contributed by atoms with Gasteiger partial charge < -0.3 is 14.8 Å². The van der Waals surface area contributed by atoms with E-state index < -0.39 is 6.10 Å². The third-order valence-corrected chi connectivity index (χ3v) is 5.84. The lowest BCUT2D eigenvalue weighted by Crippen LogP contribution is -2.38. The highest BCUT2D eigenvalue weighted by Gasteiger charge is 2.48. The van der Waals surface area contributed by atoms with Crippen LogP contribution in [-0.4, -0.2) is 35.1 Å². The Morgan fingerprint density at radius 2 is 2.08 bits per heavy atom. The smallest absolute Gasteiger partial charge is 0.231 e. The van der Waals surface area contributed by atoms with Gasteiger partial charge in [-0.3, -0.25) is 9.69 Å². The van der Waals surface area contributed by atoms with Crippen LogP contribution in [0, 0.1) is 0 Å². The van der Waals surface area contributed by atoms with Crippen LogP contribution >= 0.6 is 0 Å². The Labute approximate surface area is 154 Å². The minimum atomic E-state index is -0.440. The number of aliphatic hydroxyl groups is 1. The second kappa shape index (κ2) is 6.56. The lowest BCUT2D eigenvalue weighted by molar-refractivity contribution is -0.115. The van der Waals surface area contributed by atoms with Crippen molar-refractivity contribution in [1.82, 2.24) is 4.90 Å². The van der Waals surface area contributed by atoms with E-state index in [9.17, 15) is 9.90 Å². The van der Waals surface area contributed by atoms with Gasteiger partial charge in [0, 0.05) is 11.1 Å². The lowest BCUT2D eigenvalue weighted by Gasteiger charge is -2.31. The summed E-state index contributed by atoms with van der Waals surface area (Å²) in [6.45, 7) is 6.24. The van der Waals surface area contributed by atoms with Gasteiger partial charge in [0.25, 0.3) is 0 Å². The van der Waals surface area contributed by atoms with Gasteiger partial charge in [-0.1, -0.05) is 19.9 Å². The van der Waals surface area contributed by atoms with Crippen LogP contribution in [0.1, 0.15) is 49.6 Å². The van der Waals surface area contributed by atoms with E-state index in [1.165, 1.54) is 18.4 Å². The number of aliphatic hydroxyl groups excluding tert-OH is 1. The lowest BCUT2D eigenvalue weighted by atomic mass is 9.84. The number of benzene rings is 1. The molecule has 1 aliphatic heterocycles. The zero-order valence-electron chi connectivity index (χ0n) is 15.4. The maximum Gasteiger partial charge on any atom is 0.231 e. The van der Waals surface area contributed by atoms with Gasteiger partial charge in [-0.05, 0) is 61.3 Å². The molecule has 0 saturated carbocycles. The molecule has 0 radical (unpaired) electrons. The number of likely N-dealkylation sites (tertiary alicyclic amines) is 1. The molecule has 1 fully saturated rings. The van der Waals surface area contributed by atoms with Gasteiger partial charge in [0.15, 0.2) is 0 Å². The molecule has 2 unspecified atom stereocenters. The minimum Gasteiger partial charge on any atom is -0.469 e. The van der Waals surface area contributed by atoms with Crippen LogP contribution in [0.4, 0.5) is 5.69 Å². The van der Waals surface area contributed by atoms with E-state index in [-0.39, 0.29) is 23.8 Å². The molecule has 2 aromatic rings. The highest BCUT2D eigenvalue weighted by molar-refractivity contribution is 5.92. The van der Waals surface area contributed by atoms with Crippen LogP contribution in [0.25, 0.3) is 0 Å². The number of amides is 1. The van der Waals surface area contributed by atoms with Gasteiger partial charge in [0.2, 0.25) is 5.91 Å². The summed E-state index contributed by atoms with van der Waals surface area (Å²) in [5.74, 6) is 0.547. The van der Waals surface area contributed by atoms with Crippen molar-refractivity contribution in [2.45, 2.75) is 50.7 Å². The van der Waals surface area contributed by atoms with Crippen molar-refractivity contribution in [2.75, 3.05) is 18.4 Å². The van der Waals surface area contributed by atoms with Gasteiger partial charge in [-0.2, -0.15) is 0 Å². The average Bonchev–Trinajstić information content (AvgIpc) is 3.31. The number of carbonyl (C=O) groups is 1. The predicted molar refractivity (Wildman–Crippen MR) is 100 cm³/mol. The molecule has 1 saturated heterocycles. The first-order chi connectivity index (χ1) is 12.5. The van der Waals surface area contributed by atoms with Gasteiger partial charge in [0.1, 0.15) is 5.76 Å². The van der Waals surface area contributed by atoms with Crippen LogP contribution in [0.5, 0.6) is 0 Å².